The summed E-state index contributed by atoms with van der Waals surface area (Å²) in [4.78, 5) is 39.0. The molecule has 1 heterocycles. The Balaban J connectivity index is 1.75. The normalized spacial score (nSPS) is 19.2. The molecular formula is C25H31N3O4. The molecule has 3 atom stereocenters. The average molecular weight is 438 g/mol. The van der Waals surface area contributed by atoms with Crippen LogP contribution < -0.4 is 11.5 Å². The third kappa shape index (κ3) is 5.81. The van der Waals surface area contributed by atoms with Crippen molar-refractivity contribution < 1.29 is 19.5 Å². The highest BCUT2D eigenvalue weighted by Crippen LogP contribution is 2.30. The molecular weight excluding hydrogens is 406 g/mol. The van der Waals surface area contributed by atoms with Gasteiger partial charge in [-0.05, 0) is 49.4 Å². The number of carboxylic acids is 1. The van der Waals surface area contributed by atoms with Gasteiger partial charge >= 0.3 is 5.97 Å². The van der Waals surface area contributed by atoms with E-state index in [0.717, 1.165) is 17.5 Å². The fourth-order valence-corrected chi connectivity index (χ4v) is 4.43. The zero-order chi connectivity index (χ0) is 23.1. The molecule has 0 bridgehead atoms. The first-order valence-electron chi connectivity index (χ1n) is 11.1. The number of nitrogens with zero attached hydrogens (tertiary/aromatic N) is 1. The second-order valence-corrected chi connectivity index (χ2v) is 8.35. The lowest BCUT2D eigenvalue weighted by Crippen LogP contribution is -2.50. The van der Waals surface area contributed by atoms with Gasteiger partial charge in [-0.1, -0.05) is 48.5 Å². The van der Waals surface area contributed by atoms with Crippen molar-refractivity contribution in [1.29, 1.82) is 0 Å². The Morgan fingerprint density at radius 1 is 1.06 bits per heavy atom. The lowest BCUT2D eigenvalue weighted by molar-refractivity contribution is -0.142. The minimum atomic E-state index is -1.03. The minimum absolute atomic E-state index is 0.231. The molecule has 0 radical (unpaired) electrons. The number of hydrogen-bond donors (Lipinski definition) is 3. The number of ketones is 1. The van der Waals surface area contributed by atoms with Gasteiger partial charge in [-0.2, -0.15) is 0 Å². The van der Waals surface area contributed by atoms with Crippen LogP contribution in [0.4, 0.5) is 0 Å². The van der Waals surface area contributed by atoms with E-state index in [-0.39, 0.29) is 24.5 Å². The highest BCUT2D eigenvalue weighted by Gasteiger charge is 2.44. The highest BCUT2D eigenvalue weighted by molar-refractivity contribution is 6.01. The van der Waals surface area contributed by atoms with Gasteiger partial charge in [-0.15, -0.1) is 0 Å². The number of aryl methyl sites for hydroxylation is 1. The van der Waals surface area contributed by atoms with Gasteiger partial charge in [0.05, 0.1) is 24.4 Å². The first-order chi connectivity index (χ1) is 15.4. The van der Waals surface area contributed by atoms with Crippen LogP contribution in [-0.2, 0) is 22.4 Å². The van der Waals surface area contributed by atoms with Gasteiger partial charge in [0.15, 0.2) is 5.78 Å². The lowest BCUT2D eigenvalue weighted by atomic mass is 9.92. The molecule has 5 N–H and O–H groups in total. The molecule has 2 aromatic rings. The molecule has 1 saturated heterocycles. The summed E-state index contributed by atoms with van der Waals surface area (Å²) in [5, 5.41) is 9.22. The summed E-state index contributed by atoms with van der Waals surface area (Å²) < 4.78 is 0. The van der Waals surface area contributed by atoms with E-state index in [1.807, 2.05) is 36.4 Å². The fourth-order valence-electron chi connectivity index (χ4n) is 4.43. The van der Waals surface area contributed by atoms with Crippen molar-refractivity contribution in [3.05, 3.63) is 71.3 Å². The summed E-state index contributed by atoms with van der Waals surface area (Å²) >= 11 is 0. The zero-order valence-corrected chi connectivity index (χ0v) is 18.2. The van der Waals surface area contributed by atoms with E-state index in [0.29, 0.717) is 31.5 Å². The average Bonchev–Trinajstić information content (AvgIpc) is 3.08. The third-order valence-corrected chi connectivity index (χ3v) is 6.05. The fraction of sp³-hybridized carbons (Fsp3) is 0.400. The number of nitrogens with two attached hydrogens (primary N) is 2. The molecule has 1 unspecified atom stereocenters. The highest BCUT2D eigenvalue weighted by atomic mass is 16.4. The zero-order valence-electron chi connectivity index (χ0n) is 18.2. The molecule has 170 valence electrons. The Hall–Kier alpha value is -3.03. The molecule has 1 amide bonds. The third-order valence-electron chi connectivity index (χ3n) is 6.05. The van der Waals surface area contributed by atoms with Gasteiger partial charge in [0, 0.05) is 12.1 Å². The summed E-state index contributed by atoms with van der Waals surface area (Å²) in [5.41, 5.74) is 14.6. The quantitative estimate of drug-likeness (QED) is 0.462. The summed E-state index contributed by atoms with van der Waals surface area (Å²) in [6.07, 6.45) is 2.16. The van der Waals surface area contributed by atoms with E-state index in [2.05, 4.69) is 0 Å². The maximum Gasteiger partial charge on any atom is 0.304 e. The van der Waals surface area contributed by atoms with E-state index < -0.39 is 24.0 Å². The van der Waals surface area contributed by atoms with Crippen LogP contribution >= 0.6 is 0 Å². The number of aliphatic carboxylic acids is 1. The van der Waals surface area contributed by atoms with Gasteiger partial charge in [-0.3, -0.25) is 14.4 Å². The molecule has 0 spiro atoms. The van der Waals surface area contributed by atoms with E-state index in [9.17, 15) is 19.5 Å². The molecule has 0 saturated carbocycles. The predicted octanol–water partition coefficient (Wildman–Crippen LogP) is 2.02. The standard InChI is InChI=1S/C25H31N3O4/c26-12-11-18-8-4-10-19(14-18)24(31)23(27)21-15-20(16-22(29)30)25(32)28(21)13-5-9-17-6-2-1-3-7-17/h1-4,6-8,10,14,20-21,23H,5,9,11-13,15-16,26-27H2,(H,29,30)/t20-,21-,23?/m0/s1. The number of amides is 1. The van der Waals surface area contributed by atoms with Crippen LogP contribution in [0.25, 0.3) is 0 Å². The molecule has 3 rings (SSSR count). The van der Waals surface area contributed by atoms with Crippen molar-refractivity contribution in [2.24, 2.45) is 17.4 Å². The van der Waals surface area contributed by atoms with Crippen LogP contribution in [-0.4, -0.2) is 52.8 Å². The number of rotatable bonds is 11. The number of likely N-dealkylation sites (tertiary alicyclic amines) is 1. The van der Waals surface area contributed by atoms with Crippen LogP contribution in [0.2, 0.25) is 0 Å². The van der Waals surface area contributed by atoms with E-state index in [1.165, 1.54) is 0 Å². The molecule has 1 aliphatic rings. The van der Waals surface area contributed by atoms with Crippen LogP contribution in [0, 0.1) is 5.92 Å². The first kappa shape index (κ1) is 23.6. The van der Waals surface area contributed by atoms with Crippen LogP contribution in [0.1, 0.15) is 40.7 Å². The van der Waals surface area contributed by atoms with Crippen molar-refractivity contribution in [3.63, 3.8) is 0 Å². The van der Waals surface area contributed by atoms with Crippen molar-refractivity contribution in [2.45, 2.75) is 44.2 Å². The summed E-state index contributed by atoms with van der Waals surface area (Å²) in [6.45, 7) is 0.912. The first-order valence-corrected chi connectivity index (χ1v) is 11.1. The number of carboxylic acid groups (broad SMARTS) is 1. The predicted molar refractivity (Wildman–Crippen MR) is 122 cm³/mol. The van der Waals surface area contributed by atoms with Crippen molar-refractivity contribution >= 4 is 17.7 Å². The maximum atomic E-state index is 13.2. The molecule has 7 nitrogen and oxygen atoms in total. The van der Waals surface area contributed by atoms with Crippen molar-refractivity contribution in [3.8, 4) is 0 Å². The number of Topliss-reactive ketones (excluding diaryl/α,β-unsaturated/α-hetero) is 1. The summed E-state index contributed by atoms with van der Waals surface area (Å²) in [6, 6.07) is 15.7. The number of carbonyl (C=O) groups is 3. The summed E-state index contributed by atoms with van der Waals surface area (Å²) in [7, 11) is 0. The molecule has 2 aromatic carbocycles. The van der Waals surface area contributed by atoms with Gasteiger partial charge < -0.3 is 21.5 Å². The monoisotopic (exact) mass is 437 g/mol. The van der Waals surface area contributed by atoms with Crippen molar-refractivity contribution in [2.75, 3.05) is 13.1 Å². The molecule has 1 aliphatic heterocycles. The van der Waals surface area contributed by atoms with Gasteiger partial charge in [0.2, 0.25) is 5.91 Å². The molecule has 32 heavy (non-hydrogen) atoms. The Kier molecular flexibility index (Phi) is 8.14. The van der Waals surface area contributed by atoms with E-state index in [1.54, 1.807) is 23.1 Å². The minimum Gasteiger partial charge on any atom is -0.481 e. The molecule has 0 aliphatic carbocycles. The number of benzene rings is 2. The van der Waals surface area contributed by atoms with Crippen LogP contribution in [0.5, 0.6) is 0 Å². The number of hydrogen-bond acceptors (Lipinski definition) is 5. The Morgan fingerprint density at radius 3 is 2.47 bits per heavy atom. The smallest absolute Gasteiger partial charge is 0.304 e. The SMILES string of the molecule is NCCc1cccc(C(=O)C(N)[C@@H]2C[C@@H](CC(=O)O)C(=O)N2CCCc2ccccc2)c1. The molecule has 0 aromatic heterocycles. The topological polar surface area (TPSA) is 127 Å². The van der Waals surface area contributed by atoms with Crippen LogP contribution in [0.3, 0.4) is 0 Å². The second-order valence-electron chi connectivity index (χ2n) is 8.35. The Bertz CT molecular complexity index is 947. The second kappa shape index (κ2) is 11.0. The lowest BCUT2D eigenvalue weighted by Gasteiger charge is -2.29. The summed E-state index contributed by atoms with van der Waals surface area (Å²) in [5.74, 6) is -2.16. The molecule has 7 heteroatoms. The largest absolute Gasteiger partial charge is 0.481 e. The molecule has 1 fully saturated rings. The van der Waals surface area contributed by atoms with Gasteiger partial charge in [0.1, 0.15) is 0 Å². The van der Waals surface area contributed by atoms with Gasteiger partial charge in [-0.25, -0.2) is 0 Å². The van der Waals surface area contributed by atoms with E-state index >= 15 is 0 Å². The van der Waals surface area contributed by atoms with E-state index in [4.69, 9.17) is 11.5 Å². The Labute approximate surface area is 188 Å². The van der Waals surface area contributed by atoms with Crippen LogP contribution in [0.15, 0.2) is 54.6 Å². The van der Waals surface area contributed by atoms with Gasteiger partial charge in [0.25, 0.3) is 0 Å². The Morgan fingerprint density at radius 2 is 1.78 bits per heavy atom. The maximum absolute atomic E-state index is 13.2. The van der Waals surface area contributed by atoms with Crippen molar-refractivity contribution in [1.82, 2.24) is 4.90 Å². The number of carbonyl (C=O) groups excluding carboxylic acids is 2.